The first-order valence-corrected chi connectivity index (χ1v) is 3.50. The Bertz CT molecular complexity index is 268. The van der Waals surface area contributed by atoms with E-state index in [0.29, 0.717) is 5.75 Å². The van der Waals surface area contributed by atoms with Gasteiger partial charge in [-0.15, -0.1) is 0 Å². The van der Waals surface area contributed by atoms with Gasteiger partial charge < -0.3 is 4.74 Å². The van der Waals surface area contributed by atoms with Crippen LogP contribution >= 0.6 is 0 Å². The maximum Gasteiger partial charge on any atom is 0.482 e. The molecule has 2 nitrogen and oxygen atoms in total. The Balaban J connectivity index is 2.70. The molecule has 0 heterocycles. The zero-order valence-corrected chi connectivity index (χ0v) is 6.85. The minimum atomic E-state index is -4.39. The van der Waals surface area contributed by atoms with E-state index >= 15 is 0 Å². The fourth-order valence-corrected chi connectivity index (χ4v) is 0.838. The van der Waals surface area contributed by atoms with Gasteiger partial charge >= 0.3 is 6.30 Å². The maximum absolute atomic E-state index is 11.8. The van der Waals surface area contributed by atoms with Crippen molar-refractivity contribution in [2.24, 2.45) is 0 Å². The Morgan fingerprint density at radius 1 is 1.15 bits per heavy atom. The van der Waals surface area contributed by atoms with Crippen LogP contribution in [0.2, 0.25) is 0 Å². The first kappa shape index (κ1) is 9.70. The van der Waals surface area contributed by atoms with Gasteiger partial charge in [0.1, 0.15) is 5.75 Å². The van der Waals surface area contributed by atoms with Gasteiger partial charge in [-0.1, -0.05) is 0 Å². The highest BCUT2D eigenvalue weighted by molar-refractivity contribution is 5.46. The van der Waals surface area contributed by atoms with Crippen LogP contribution in [0, 0.1) is 0 Å². The molecule has 5 heteroatoms. The predicted molar refractivity (Wildman–Crippen MR) is 42.7 cm³/mol. The average molecular weight is 191 g/mol. The van der Waals surface area contributed by atoms with Crippen LogP contribution in [0.5, 0.6) is 5.75 Å². The minimum Gasteiger partial charge on any atom is -0.497 e. The van der Waals surface area contributed by atoms with E-state index in [1.165, 1.54) is 36.7 Å². The molecule has 0 aromatic heterocycles. The number of benzene rings is 1. The molecule has 0 spiro atoms. The Morgan fingerprint density at radius 3 is 2.08 bits per heavy atom. The predicted octanol–water partition coefficient (Wildman–Crippen LogP) is 2.63. The summed E-state index contributed by atoms with van der Waals surface area (Å²) in [6, 6.07) is 5.50. The molecule has 0 radical (unpaired) electrons. The molecule has 0 aliphatic carbocycles. The van der Waals surface area contributed by atoms with Gasteiger partial charge in [0, 0.05) is 5.69 Å². The highest BCUT2D eigenvalue weighted by Crippen LogP contribution is 2.21. The second-order valence-corrected chi connectivity index (χ2v) is 2.35. The molecule has 0 saturated carbocycles. The van der Waals surface area contributed by atoms with E-state index < -0.39 is 6.30 Å². The number of halogens is 3. The first-order valence-electron chi connectivity index (χ1n) is 3.50. The van der Waals surface area contributed by atoms with E-state index in [2.05, 4.69) is 0 Å². The molecule has 0 saturated heterocycles. The maximum atomic E-state index is 11.8. The van der Waals surface area contributed by atoms with Gasteiger partial charge in [0.2, 0.25) is 0 Å². The van der Waals surface area contributed by atoms with Crippen molar-refractivity contribution >= 4 is 5.69 Å². The standard InChI is InChI=1S/C8H8F3NO/c1-13-7-4-2-6(3-5-7)12-8(9,10)11/h2-5,12H,1H3. The molecule has 1 N–H and O–H groups in total. The van der Waals surface area contributed by atoms with Crippen LogP contribution in [0.4, 0.5) is 18.9 Å². The summed E-state index contributed by atoms with van der Waals surface area (Å²) in [7, 11) is 1.45. The zero-order chi connectivity index (χ0) is 9.90. The number of hydrogen-bond acceptors (Lipinski definition) is 2. The van der Waals surface area contributed by atoms with E-state index in [1.807, 2.05) is 0 Å². The monoisotopic (exact) mass is 191 g/mol. The Hall–Kier alpha value is -1.39. The van der Waals surface area contributed by atoms with Crippen molar-refractivity contribution in [2.45, 2.75) is 6.30 Å². The van der Waals surface area contributed by atoms with Crippen molar-refractivity contribution in [2.75, 3.05) is 12.4 Å². The topological polar surface area (TPSA) is 21.3 Å². The fourth-order valence-electron chi connectivity index (χ4n) is 0.838. The molecular formula is C8H8F3NO. The molecule has 0 unspecified atom stereocenters. The highest BCUT2D eigenvalue weighted by Gasteiger charge is 2.26. The van der Waals surface area contributed by atoms with Crippen molar-refractivity contribution in [3.05, 3.63) is 24.3 Å². The largest absolute Gasteiger partial charge is 0.497 e. The molecule has 1 aromatic rings. The molecule has 0 atom stereocenters. The van der Waals surface area contributed by atoms with E-state index in [4.69, 9.17) is 4.74 Å². The molecule has 1 rings (SSSR count). The van der Waals surface area contributed by atoms with E-state index in [0.717, 1.165) is 0 Å². The third-order valence-electron chi connectivity index (χ3n) is 1.38. The lowest BCUT2D eigenvalue weighted by molar-refractivity contribution is -0.0999. The normalized spacial score (nSPS) is 11.1. The Morgan fingerprint density at radius 2 is 1.69 bits per heavy atom. The number of ether oxygens (including phenoxy) is 1. The van der Waals surface area contributed by atoms with Gasteiger partial charge in [0.15, 0.2) is 0 Å². The second-order valence-electron chi connectivity index (χ2n) is 2.35. The summed E-state index contributed by atoms with van der Waals surface area (Å²) in [6.45, 7) is 0. The van der Waals surface area contributed by atoms with E-state index in [-0.39, 0.29) is 5.69 Å². The lowest BCUT2D eigenvalue weighted by atomic mass is 10.3. The van der Waals surface area contributed by atoms with Crippen molar-refractivity contribution in [3.63, 3.8) is 0 Å². The summed E-state index contributed by atoms with van der Waals surface area (Å²) >= 11 is 0. The van der Waals surface area contributed by atoms with Gasteiger partial charge in [0.05, 0.1) is 7.11 Å². The zero-order valence-electron chi connectivity index (χ0n) is 6.85. The van der Waals surface area contributed by atoms with Gasteiger partial charge in [0.25, 0.3) is 0 Å². The van der Waals surface area contributed by atoms with Crippen molar-refractivity contribution in [3.8, 4) is 5.75 Å². The fraction of sp³-hybridized carbons (Fsp3) is 0.250. The third kappa shape index (κ3) is 3.23. The van der Waals surface area contributed by atoms with Crippen molar-refractivity contribution in [1.29, 1.82) is 0 Å². The minimum absolute atomic E-state index is 0.00620. The van der Waals surface area contributed by atoms with E-state index in [9.17, 15) is 13.2 Å². The number of methoxy groups -OCH3 is 1. The summed E-state index contributed by atoms with van der Waals surface area (Å²) in [5, 5.41) is 1.38. The van der Waals surface area contributed by atoms with E-state index in [1.54, 1.807) is 0 Å². The molecular weight excluding hydrogens is 183 g/mol. The van der Waals surface area contributed by atoms with Crippen LogP contribution in [0.1, 0.15) is 0 Å². The van der Waals surface area contributed by atoms with Gasteiger partial charge in [-0.25, -0.2) is 0 Å². The summed E-state index contributed by atoms with van der Waals surface area (Å²) in [4.78, 5) is 0. The molecule has 0 amide bonds. The Kier molecular flexibility index (Phi) is 2.65. The molecule has 13 heavy (non-hydrogen) atoms. The summed E-state index contributed by atoms with van der Waals surface area (Å²) in [5.41, 5.74) is -0.00620. The number of hydrogen-bond donors (Lipinski definition) is 1. The lowest BCUT2D eigenvalue weighted by Crippen LogP contribution is -2.20. The molecule has 0 fully saturated rings. The molecule has 0 bridgehead atoms. The second kappa shape index (κ2) is 3.55. The Labute approximate surface area is 73.3 Å². The van der Waals surface area contributed by atoms with Crippen LogP contribution in [0.3, 0.4) is 0 Å². The van der Waals surface area contributed by atoms with Crippen LogP contribution in [-0.4, -0.2) is 13.4 Å². The van der Waals surface area contributed by atoms with Gasteiger partial charge in [-0.2, -0.15) is 13.2 Å². The third-order valence-corrected chi connectivity index (χ3v) is 1.38. The van der Waals surface area contributed by atoms with Crippen LogP contribution in [0.15, 0.2) is 24.3 Å². The number of alkyl halides is 3. The molecule has 0 aliphatic rings. The van der Waals surface area contributed by atoms with Crippen molar-refractivity contribution < 1.29 is 17.9 Å². The van der Waals surface area contributed by atoms with Crippen LogP contribution < -0.4 is 10.1 Å². The first-order chi connectivity index (χ1) is 6.01. The van der Waals surface area contributed by atoms with Crippen LogP contribution in [0.25, 0.3) is 0 Å². The summed E-state index contributed by atoms with van der Waals surface area (Å²) < 4.78 is 40.1. The quantitative estimate of drug-likeness (QED) is 0.725. The van der Waals surface area contributed by atoms with Gasteiger partial charge in [-0.3, -0.25) is 5.32 Å². The molecule has 0 aliphatic heterocycles. The molecule has 72 valence electrons. The average Bonchev–Trinajstić information content (AvgIpc) is 2.03. The number of rotatable bonds is 2. The SMILES string of the molecule is COc1ccc(NC(F)(F)F)cc1. The van der Waals surface area contributed by atoms with Gasteiger partial charge in [-0.05, 0) is 24.3 Å². The number of anilines is 1. The highest BCUT2D eigenvalue weighted by atomic mass is 19.4. The number of nitrogens with one attached hydrogen (secondary N) is 1. The van der Waals surface area contributed by atoms with Crippen molar-refractivity contribution in [1.82, 2.24) is 0 Å². The van der Waals surface area contributed by atoms with Crippen LogP contribution in [-0.2, 0) is 0 Å². The molecule has 1 aromatic carbocycles. The lowest BCUT2D eigenvalue weighted by Gasteiger charge is -2.09. The summed E-state index contributed by atoms with van der Waals surface area (Å²) in [6.07, 6.45) is -4.39. The summed E-state index contributed by atoms with van der Waals surface area (Å²) in [5.74, 6) is 0.521. The smallest absolute Gasteiger partial charge is 0.482 e.